The van der Waals surface area contributed by atoms with Crippen LogP contribution in [0.4, 0.5) is 5.69 Å². The minimum absolute atomic E-state index is 0.476. The van der Waals surface area contributed by atoms with Gasteiger partial charge in [-0.25, -0.2) is 0 Å². The van der Waals surface area contributed by atoms with Crippen molar-refractivity contribution in [1.82, 2.24) is 0 Å². The topological polar surface area (TPSA) is 89.3 Å². The fraction of sp³-hybridized carbons (Fsp3) is 0.364. The number of para-hydroxylation sites is 1. The van der Waals surface area contributed by atoms with Crippen molar-refractivity contribution in [1.29, 1.82) is 0 Å². The van der Waals surface area contributed by atoms with Gasteiger partial charge in [0.25, 0.3) is 0 Å². The highest BCUT2D eigenvalue weighted by Crippen LogP contribution is 2.13. The maximum atomic E-state index is 10.5. The summed E-state index contributed by atoms with van der Waals surface area (Å²) in [5.41, 5.74) is 12.9. The van der Waals surface area contributed by atoms with Crippen LogP contribution in [0.5, 0.6) is 0 Å². The highest BCUT2D eigenvalue weighted by molar-refractivity contribution is 5.72. The number of aliphatic carboxylic acids is 1. The average molecular weight is 208 g/mol. The smallest absolute Gasteiger partial charge is 0.320 e. The zero-order valence-corrected chi connectivity index (χ0v) is 8.52. The van der Waals surface area contributed by atoms with E-state index < -0.39 is 12.0 Å². The van der Waals surface area contributed by atoms with E-state index in [1.807, 2.05) is 24.3 Å². The summed E-state index contributed by atoms with van der Waals surface area (Å²) in [6.45, 7) is 0. The van der Waals surface area contributed by atoms with Crippen LogP contribution in [0.1, 0.15) is 18.4 Å². The molecule has 0 saturated heterocycles. The molecule has 1 rings (SSSR count). The number of carbonyl (C=O) groups is 1. The molecule has 4 heteroatoms. The number of anilines is 1. The van der Waals surface area contributed by atoms with Crippen LogP contribution in [0.25, 0.3) is 0 Å². The standard InChI is InChI=1S/C11H16N2O2/c12-9-6-2-1-4-8(9)5-3-7-10(13)11(14)15/h1-2,4,6,10H,3,5,7,12-13H2,(H,14,15)/t10-/m0/s1. The van der Waals surface area contributed by atoms with Gasteiger partial charge in [-0.15, -0.1) is 0 Å². The number of benzene rings is 1. The van der Waals surface area contributed by atoms with Crippen molar-refractivity contribution in [2.45, 2.75) is 25.3 Å². The van der Waals surface area contributed by atoms with Gasteiger partial charge in [0, 0.05) is 5.69 Å². The summed E-state index contributed by atoms with van der Waals surface area (Å²) < 4.78 is 0. The average Bonchev–Trinajstić information content (AvgIpc) is 2.20. The summed E-state index contributed by atoms with van der Waals surface area (Å²) in [6.07, 6.45) is 1.99. The lowest BCUT2D eigenvalue weighted by Gasteiger charge is -2.07. The first-order valence-corrected chi connectivity index (χ1v) is 4.93. The van der Waals surface area contributed by atoms with Crippen molar-refractivity contribution in [2.24, 2.45) is 5.73 Å². The van der Waals surface area contributed by atoms with Gasteiger partial charge in [-0.2, -0.15) is 0 Å². The molecule has 0 aromatic heterocycles. The zero-order chi connectivity index (χ0) is 11.3. The molecule has 0 amide bonds. The second-order valence-electron chi connectivity index (χ2n) is 3.54. The van der Waals surface area contributed by atoms with Crippen LogP contribution in [0, 0.1) is 0 Å². The highest BCUT2D eigenvalue weighted by atomic mass is 16.4. The van der Waals surface area contributed by atoms with E-state index in [0.29, 0.717) is 6.42 Å². The number of nitrogen functional groups attached to an aromatic ring is 1. The molecule has 0 heterocycles. The second kappa shape index (κ2) is 5.36. The number of hydrogen-bond donors (Lipinski definition) is 3. The Morgan fingerprint density at radius 1 is 1.40 bits per heavy atom. The maximum Gasteiger partial charge on any atom is 0.320 e. The van der Waals surface area contributed by atoms with Crippen LogP contribution in [-0.4, -0.2) is 17.1 Å². The number of nitrogens with two attached hydrogens (primary N) is 2. The van der Waals surface area contributed by atoms with Crippen molar-refractivity contribution in [3.8, 4) is 0 Å². The van der Waals surface area contributed by atoms with E-state index in [1.165, 1.54) is 0 Å². The minimum atomic E-state index is -0.948. The van der Waals surface area contributed by atoms with Crippen LogP contribution >= 0.6 is 0 Å². The summed E-state index contributed by atoms with van der Waals surface area (Å²) in [4.78, 5) is 10.5. The Kier molecular flexibility index (Phi) is 4.12. The lowest BCUT2D eigenvalue weighted by molar-refractivity contribution is -0.138. The normalized spacial score (nSPS) is 12.3. The maximum absolute atomic E-state index is 10.5. The van der Waals surface area contributed by atoms with Crippen LogP contribution in [0.2, 0.25) is 0 Å². The van der Waals surface area contributed by atoms with Gasteiger partial charge in [-0.3, -0.25) is 4.79 Å². The molecule has 0 fully saturated rings. The molecular formula is C11H16N2O2. The third kappa shape index (κ3) is 3.59. The summed E-state index contributed by atoms with van der Waals surface area (Å²) in [5.74, 6) is -0.948. The first-order valence-electron chi connectivity index (χ1n) is 4.93. The number of hydrogen-bond acceptors (Lipinski definition) is 3. The highest BCUT2D eigenvalue weighted by Gasteiger charge is 2.10. The molecule has 0 aliphatic rings. The van der Waals surface area contributed by atoms with Gasteiger partial charge in [0.2, 0.25) is 0 Å². The number of rotatable bonds is 5. The van der Waals surface area contributed by atoms with E-state index in [-0.39, 0.29) is 0 Å². The Morgan fingerprint density at radius 2 is 2.07 bits per heavy atom. The van der Waals surface area contributed by atoms with Crippen molar-refractivity contribution < 1.29 is 9.90 Å². The summed E-state index contributed by atoms with van der Waals surface area (Å²) in [5, 5.41) is 8.58. The lowest BCUT2D eigenvalue weighted by Crippen LogP contribution is -2.29. The van der Waals surface area contributed by atoms with Crippen molar-refractivity contribution in [2.75, 3.05) is 5.73 Å². The number of carboxylic acids is 1. The molecule has 0 spiro atoms. The predicted octanol–water partition coefficient (Wildman–Crippen LogP) is 1.00. The van der Waals surface area contributed by atoms with Gasteiger partial charge in [0.1, 0.15) is 6.04 Å². The molecule has 1 aromatic carbocycles. The van der Waals surface area contributed by atoms with Gasteiger partial charge >= 0.3 is 5.97 Å². The summed E-state index contributed by atoms with van der Waals surface area (Å²) >= 11 is 0. The Morgan fingerprint density at radius 3 is 2.67 bits per heavy atom. The quantitative estimate of drug-likeness (QED) is 0.630. The van der Waals surface area contributed by atoms with Gasteiger partial charge in [0.05, 0.1) is 0 Å². The molecule has 0 aliphatic carbocycles. The molecule has 0 radical (unpaired) electrons. The van der Waals surface area contributed by atoms with Crippen molar-refractivity contribution in [3.05, 3.63) is 29.8 Å². The predicted molar refractivity (Wildman–Crippen MR) is 59.4 cm³/mol. The molecule has 15 heavy (non-hydrogen) atoms. The molecule has 1 aromatic rings. The van der Waals surface area contributed by atoms with E-state index in [0.717, 1.165) is 24.1 Å². The Balaban J connectivity index is 2.38. The van der Waals surface area contributed by atoms with E-state index in [4.69, 9.17) is 16.6 Å². The van der Waals surface area contributed by atoms with Gasteiger partial charge < -0.3 is 16.6 Å². The zero-order valence-electron chi connectivity index (χ0n) is 8.52. The molecule has 4 nitrogen and oxygen atoms in total. The van der Waals surface area contributed by atoms with Crippen LogP contribution in [0.15, 0.2) is 24.3 Å². The van der Waals surface area contributed by atoms with Crippen molar-refractivity contribution in [3.63, 3.8) is 0 Å². The van der Waals surface area contributed by atoms with E-state index in [1.54, 1.807) is 0 Å². The first kappa shape index (κ1) is 11.5. The monoisotopic (exact) mass is 208 g/mol. The summed E-state index contributed by atoms with van der Waals surface area (Å²) in [6, 6.07) is 6.81. The molecule has 5 N–H and O–H groups in total. The van der Waals surface area contributed by atoms with Gasteiger partial charge in [0.15, 0.2) is 0 Å². The molecule has 82 valence electrons. The third-order valence-electron chi connectivity index (χ3n) is 2.33. The summed E-state index contributed by atoms with van der Waals surface area (Å²) in [7, 11) is 0. The molecular weight excluding hydrogens is 192 g/mol. The van der Waals surface area contributed by atoms with Gasteiger partial charge in [-0.1, -0.05) is 18.2 Å². The van der Waals surface area contributed by atoms with E-state index in [2.05, 4.69) is 0 Å². The molecule has 0 aliphatic heterocycles. The Bertz CT molecular complexity index is 339. The number of aryl methyl sites for hydroxylation is 1. The van der Waals surface area contributed by atoms with Crippen LogP contribution < -0.4 is 11.5 Å². The van der Waals surface area contributed by atoms with Crippen LogP contribution in [-0.2, 0) is 11.2 Å². The number of carboxylic acid groups (broad SMARTS) is 1. The van der Waals surface area contributed by atoms with E-state index in [9.17, 15) is 4.79 Å². The Hall–Kier alpha value is -1.55. The second-order valence-corrected chi connectivity index (χ2v) is 3.54. The fourth-order valence-corrected chi connectivity index (χ4v) is 1.40. The lowest BCUT2D eigenvalue weighted by atomic mass is 10.0. The SMILES string of the molecule is Nc1ccccc1CCC[C@H](N)C(=O)O. The third-order valence-corrected chi connectivity index (χ3v) is 2.33. The molecule has 0 unspecified atom stereocenters. The largest absolute Gasteiger partial charge is 0.480 e. The van der Waals surface area contributed by atoms with Crippen LogP contribution in [0.3, 0.4) is 0 Å². The van der Waals surface area contributed by atoms with Gasteiger partial charge in [-0.05, 0) is 30.9 Å². The molecule has 0 bridgehead atoms. The minimum Gasteiger partial charge on any atom is -0.480 e. The first-order chi connectivity index (χ1) is 7.11. The Labute approximate surface area is 88.9 Å². The molecule has 0 saturated carbocycles. The van der Waals surface area contributed by atoms with Crippen molar-refractivity contribution >= 4 is 11.7 Å². The molecule has 1 atom stereocenters. The van der Waals surface area contributed by atoms with E-state index >= 15 is 0 Å². The fourth-order valence-electron chi connectivity index (χ4n) is 1.40.